The standard InChI is InChI=1S/C25H31N5O2/c1-19(6-5-11-26-2)15-28-24-14-21(9-12-27-24)25(32)29-16-23(31)18-30-13-10-20-7-3-4-8-22(20)17-30/h3-9,11-12,14,23,31H,2,10,13,15-18H2,1H3,(H,27,28)(H,29,32)/b11-5-,19-6+/t23-/m0/s1. The largest absolute Gasteiger partial charge is 0.390 e. The minimum absolute atomic E-state index is 0.202. The van der Waals surface area contributed by atoms with Gasteiger partial charge in [-0.05, 0) is 49.4 Å². The number of benzene rings is 1. The number of amides is 1. The zero-order valence-electron chi connectivity index (χ0n) is 18.5. The van der Waals surface area contributed by atoms with Crippen LogP contribution in [0, 0.1) is 0 Å². The molecule has 0 unspecified atom stereocenters. The van der Waals surface area contributed by atoms with Gasteiger partial charge >= 0.3 is 0 Å². The van der Waals surface area contributed by atoms with E-state index in [1.807, 2.05) is 25.1 Å². The maximum absolute atomic E-state index is 12.5. The van der Waals surface area contributed by atoms with Crippen LogP contribution >= 0.6 is 0 Å². The lowest BCUT2D eigenvalue weighted by Gasteiger charge is -2.30. The minimum atomic E-state index is -0.630. The molecule has 1 amide bonds. The molecule has 3 N–H and O–H groups in total. The van der Waals surface area contributed by atoms with Crippen molar-refractivity contribution in [2.75, 3.05) is 31.5 Å². The SMILES string of the molecule is C=N/C=C\C=C(/C)CNc1cc(C(=O)NC[C@H](O)CN2CCc3ccccc3C2)ccn1. The number of anilines is 1. The Balaban J connectivity index is 1.45. The van der Waals surface area contributed by atoms with Crippen molar-refractivity contribution in [1.29, 1.82) is 0 Å². The molecule has 0 saturated carbocycles. The third kappa shape index (κ3) is 7.14. The summed E-state index contributed by atoms with van der Waals surface area (Å²) < 4.78 is 0. The van der Waals surface area contributed by atoms with Crippen molar-refractivity contribution in [3.63, 3.8) is 0 Å². The van der Waals surface area contributed by atoms with Gasteiger partial charge in [-0.15, -0.1) is 0 Å². The first-order valence-corrected chi connectivity index (χ1v) is 10.8. The number of nitrogens with one attached hydrogen (secondary N) is 2. The molecule has 1 atom stereocenters. The summed E-state index contributed by atoms with van der Waals surface area (Å²) in [6, 6.07) is 11.8. The van der Waals surface area contributed by atoms with Crippen molar-refractivity contribution in [2.24, 2.45) is 4.99 Å². The van der Waals surface area contributed by atoms with E-state index in [1.54, 1.807) is 24.5 Å². The fourth-order valence-corrected chi connectivity index (χ4v) is 3.61. The van der Waals surface area contributed by atoms with E-state index in [0.717, 1.165) is 25.1 Å². The second kappa shape index (κ2) is 11.9. The Hall–Kier alpha value is -3.29. The molecule has 0 saturated heterocycles. The van der Waals surface area contributed by atoms with Gasteiger partial charge in [0.1, 0.15) is 5.82 Å². The fourth-order valence-electron chi connectivity index (χ4n) is 3.61. The number of pyridine rings is 1. The second-order valence-electron chi connectivity index (χ2n) is 7.94. The first-order chi connectivity index (χ1) is 15.5. The van der Waals surface area contributed by atoms with Crippen LogP contribution in [0.3, 0.4) is 0 Å². The van der Waals surface area contributed by atoms with Crippen LogP contribution in [-0.4, -0.2) is 59.9 Å². The zero-order valence-corrected chi connectivity index (χ0v) is 18.5. The monoisotopic (exact) mass is 433 g/mol. The highest BCUT2D eigenvalue weighted by Crippen LogP contribution is 2.18. The number of nitrogens with zero attached hydrogens (tertiary/aromatic N) is 3. The highest BCUT2D eigenvalue weighted by Gasteiger charge is 2.19. The van der Waals surface area contributed by atoms with E-state index >= 15 is 0 Å². The normalized spacial score (nSPS) is 15.2. The maximum atomic E-state index is 12.5. The molecule has 1 aromatic heterocycles. The summed E-state index contributed by atoms with van der Waals surface area (Å²) >= 11 is 0. The highest BCUT2D eigenvalue weighted by atomic mass is 16.3. The molecule has 32 heavy (non-hydrogen) atoms. The smallest absolute Gasteiger partial charge is 0.251 e. The molecule has 1 aliphatic heterocycles. The summed E-state index contributed by atoms with van der Waals surface area (Å²) in [5.41, 5.74) is 4.28. The molecule has 0 radical (unpaired) electrons. The lowest BCUT2D eigenvalue weighted by atomic mass is 10.00. The van der Waals surface area contributed by atoms with Crippen molar-refractivity contribution in [3.8, 4) is 0 Å². The zero-order chi connectivity index (χ0) is 22.8. The van der Waals surface area contributed by atoms with Gasteiger partial charge < -0.3 is 15.7 Å². The molecule has 7 nitrogen and oxygen atoms in total. The summed E-state index contributed by atoms with van der Waals surface area (Å²) in [6.45, 7) is 8.44. The number of β-amino-alcohol motifs (C(OH)–C–C–N with tert-alkyl or cyclic N) is 1. The van der Waals surface area contributed by atoms with Gasteiger partial charge in [-0.3, -0.25) is 14.7 Å². The molecule has 2 heterocycles. The number of aliphatic imine (C=N–C) groups is 1. The predicted octanol–water partition coefficient (Wildman–Crippen LogP) is 2.80. The topological polar surface area (TPSA) is 89.8 Å². The summed E-state index contributed by atoms with van der Waals surface area (Å²) in [5, 5.41) is 16.5. The number of hydrogen-bond donors (Lipinski definition) is 3. The van der Waals surface area contributed by atoms with Gasteiger partial charge in [-0.25, -0.2) is 4.98 Å². The summed E-state index contributed by atoms with van der Waals surface area (Å²) in [7, 11) is 0. The number of carbonyl (C=O) groups excluding carboxylic acids is 1. The first-order valence-electron chi connectivity index (χ1n) is 10.8. The number of aliphatic hydroxyl groups excluding tert-OH is 1. The Morgan fingerprint density at radius 1 is 1.34 bits per heavy atom. The number of aliphatic hydroxyl groups is 1. The van der Waals surface area contributed by atoms with Crippen LogP contribution in [0.5, 0.6) is 0 Å². The van der Waals surface area contributed by atoms with Gasteiger partial charge in [0, 0.05) is 50.7 Å². The molecule has 1 aromatic carbocycles. The number of fused-ring (bicyclic) bond motifs is 1. The maximum Gasteiger partial charge on any atom is 0.251 e. The first kappa shape index (κ1) is 23.4. The number of carbonyl (C=O) groups is 1. The van der Waals surface area contributed by atoms with E-state index < -0.39 is 6.10 Å². The van der Waals surface area contributed by atoms with Crippen LogP contribution in [0.1, 0.15) is 28.4 Å². The molecular formula is C25H31N5O2. The van der Waals surface area contributed by atoms with Crippen LogP contribution in [0.2, 0.25) is 0 Å². The average molecular weight is 434 g/mol. The molecule has 168 valence electrons. The van der Waals surface area contributed by atoms with E-state index in [-0.39, 0.29) is 12.5 Å². The summed E-state index contributed by atoms with van der Waals surface area (Å²) in [6.07, 6.45) is 7.31. The summed E-state index contributed by atoms with van der Waals surface area (Å²) in [5.74, 6) is 0.384. The molecule has 1 aliphatic rings. The Kier molecular flexibility index (Phi) is 8.71. The molecule has 7 heteroatoms. The van der Waals surface area contributed by atoms with Crippen LogP contribution < -0.4 is 10.6 Å². The number of allylic oxidation sites excluding steroid dienone is 2. The third-order valence-electron chi connectivity index (χ3n) is 5.32. The highest BCUT2D eigenvalue weighted by molar-refractivity contribution is 5.94. The number of aromatic nitrogens is 1. The molecule has 0 fully saturated rings. The van der Waals surface area contributed by atoms with E-state index in [9.17, 15) is 9.90 Å². The quantitative estimate of drug-likeness (QED) is 0.396. The Morgan fingerprint density at radius 2 is 2.16 bits per heavy atom. The molecule has 0 aliphatic carbocycles. The predicted molar refractivity (Wildman–Crippen MR) is 129 cm³/mol. The molecule has 2 aromatic rings. The number of hydrogen-bond acceptors (Lipinski definition) is 6. The summed E-state index contributed by atoms with van der Waals surface area (Å²) in [4.78, 5) is 22.7. The Bertz CT molecular complexity index is 986. The second-order valence-corrected chi connectivity index (χ2v) is 7.94. The van der Waals surface area contributed by atoms with E-state index in [1.165, 1.54) is 11.1 Å². The van der Waals surface area contributed by atoms with E-state index in [4.69, 9.17) is 0 Å². The Labute approximate surface area is 189 Å². The molecule has 0 spiro atoms. The molecular weight excluding hydrogens is 402 g/mol. The minimum Gasteiger partial charge on any atom is -0.390 e. The number of rotatable bonds is 10. The van der Waals surface area contributed by atoms with Gasteiger partial charge in [-0.2, -0.15) is 0 Å². The van der Waals surface area contributed by atoms with Crippen molar-refractivity contribution in [3.05, 3.63) is 83.2 Å². The third-order valence-corrected chi connectivity index (χ3v) is 5.32. The lowest BCUT2D eigenvalue weighted by molar-refractivity contribution is 0.0842. The van der Waals surface area contributed by atoms with Gasteiger partial charge in [0.15, 0.2) is 0 Å². The van der Waals surface area contributed by atoms with E-state index in [0.29, 0.717) is 24.5 Å². The Morgan fingerprint density at radius 3 is 2.97 bits per heavy atom. The van der Waals surface area contributed by atoms with Gasteiger partial charge in [0.2, 0.25) is 0 Å². The molecule has 0 bridgehead atoms. The van der Waals surface area contributed by atoms with Gasteiger partial charge in [0.25, 0.3) is 5.91 Å². The van der Waals surface area contributed by atoms with Crippen LogP contribution in [-0.2, 0) is 13.0 Å². The van der Waals surface area contributed by atoms with Crippen molar-refractivity contribution < 1.29 is 9.90 Å². The van der Waals surface area contributed by atoms with Crippen molar-refractivity contribution in [1.82, 2.24) is 15.2 Å². The molecule has 3 rings (SSSR count). The van der Waals surface area contributed by atoms with Crippen molar-refractivity contribution >= 4 is 18.4 Å². The van der Waals surface area contributed by atoms with Crippen LogP contribution in [0.25, 0.3) is 0 Å². The van der Waals surface area contributed by atoms with Crippen LogP contribution in [0.4, 0.5) is 5.82 Å². The van der Waals surface area contributed by atoms with Gasteiger partial charge in [0.05, 0.1) is 6.10 Å². The average Bonchev–Trinajstić information content (AvgIpc) is 2.81. The lowest BCUT2D eigenvalue weighted by Crippen LogP contribution is -2.42. The van der Waals surface area contributed by atoms with Gasteiger partial charge in [-0.1, -0.05) is 35.9 Å². The van der Waals surface area contributed by atoms with E-state index in [2.05, 4.69) is 50.4 Å². The van der Waals surface area contributed by atoms with Crippen molar-refractivity contribution in [2.45, 2.75) is 26.0 Å². The fraction of sp³-hybridized carbons (Fsp3) is 0.320. The van der Waals surface area contributed by atoms with Crippen LogP contribution in [0.15, 0.2) is 71.5 Å².